The molecule has 0 unspecified atom stereocenters. The first kappa shape index (κ1) is 8.05. The van der Waals surface area contributed by atoms with E-state index in [1.807, 2.05) is 18.2 Å². The highest BCUT2D eigenvalue weighted by Gasteiger charge is 2.26. The average Bonchev–Trinajstić information content (AvgIpc) is 2.62. The molecule has 0 spiro atoms. The van der Waals surface area contributed by atoms with Gasteiger partial charge in [-0.3, -0.25) is 4.79 Å². The molecule has 1 aromatic carbocycles. The van der Waals surface area contributed by atoms with Crippen LogP contribution in [0.15, 0.2) is 50.9 Å². The van der Waals surface area contributed by atoms with E-state index >= 15 is 0 Å². The van der Waals surface area contributed by atoms with Crippen molar-refractivity contribution < 1.29 is 4.79 Å². The number of nitrogens with two attached hydrogens (primary N) is 1. The van der Waals surface area contributed by atoms with Crippen LogP contribution in [0.5, 0.6) is 0 Å². The summed E-state index contributed by atoms with van der Waals surface area (Å²) >= 11 is 0. The highest BCUT2D eigenvalue weighted by atomic mass is 16.1. The van der Waals surface area contributed by atoms with Gasteiger partial charge in [0.25, 0.3) is 5.91 Å². The van der Waals surface area contributed by atoms with Crippen molar-refractivity contribution in [3.63, 3.8) is 0 Å². The highest BCUT2D eigenvalue weighted by molar-refractivity contribution is 6.08. The molecule has 0 saturated heterocycles. The van der Waals surface area contributed by atoms with Crippen LogP contribution in [0, 0.1) is 0 Å². The predicted octanol–water partition coefficient (Wildman–Crippen LogP) is -0.409. The topological polar surface area (TPSA) is 80.2 Å². The molecule has 2 aliphatic heterocycles. The lowest BCUT2D eigenvalue weighted by Crippen LogP contribution is -2.33. The Morgan fingerprint density at radius 3 is 2.80 bits per heavy atom. The van der Waals surface area contributed by atoms with Gasteiger partial charge in [0, 0.05) is 5.22 Å². The van der Waals surface area contributed by atoms with Gasteiger partial charge in [0.15, 0.2) is 5.82 Å². The molecule has 15 heavy (non-hydrogen) atoms. The van der Waals surface area contributed by atoms with Crippen LogP contribution in [-0.4, -0.2) is 5.91 Å². The summed E-state index contributed by atoms with van der Waals surface area (Å²) in [5, 5.41) is 9.01. The third-order valence-electron chi connectivity index (χ3n) is 2.35. The summed E-state index contributed by atoms with van der Waals surface area (Å²) in [5.74, 6) is -0.223. The van der Waals surface area contributed by atoms with Crippen molar-refractivity contribution in [1.82, 2.24) is 0 Å². The normalized spacial score (nSPS) is 17.6. The summed E-state index contributed by atoms with van der Waals surface area (Å²) in [4.78, 5) is 15.5. The van der Waals surface area contributed by atoms with Gasteiger partial charge < -0.3 is 5.73 Å². The largest absolute Gasteiger partial charge is 0.381 e. The fourth-order valence-electron chi connectivity index (χ4n) is 1.66. The molecular formula is C10H6N4O. The summed E-state index contributed by atoms with van der Waals surface area (Å²) in [6.07, 6.45) is 0. The van der Waals surface area contributed by atoms with E-state index < -0.39 is 0 Å². The van der Waals surface area contributed by atoms with Gasteiger partial charge in [-0.05, 0) is 6.07 Å². The van der Waals surface area contributed by atoms with Gasteiger partial charge in [0.1, 0.15) is 11.3 Å². The zero-order chi connectivity index (χ0) is 10.4. The molecule has 0 radical (unpaired) electrons. The highest BCUT2D eigenvalue weighted by Crippen LogP contribution is 2.24. The van der Waals surface area contributed by atoms with E-state index in [1.54, 1.807) is 6.07 Å². The van der Waals surface area contributed by atoms with Gasteiger partial charge in [0.05, 0.1) is 5.36 Å². The van der Waals surface area contributed by atoms with Crippen molar-refractivity contribution in [2.24, 2.45) is 21.0 Å². The minimum Gasteiger partial charge on any atom is -0.381 e. The number of hydrogen-bond acceptors (Lipinski definition) is 4. The molecule has 0 atom stereocenters. The molecule has 0 aliphatic carbocycles. The molecule has 2 aliphatic rings. The smallest absolute Gasteiger partial charge is 0.283 e. The molecule has 5 heteroatoms. The predicted molar refractivity (Wildman–Crippen MR) is 51.7 cm³/mol. The number of benzene rings is 1. The lowest BCUT2D eigenvalue weighted by Gasteiger charge is -2.03. The van der Waals surface area contributed by atoms with Crippen LogP contribution in [0.2, 0.25) is 0 Å². The zero-order valence-electron chi connectivity index (χ0n) is 7.64. The Labute approximate surface area is 84.3 Å². The molecule has 1 aromatic rings. The van der Waals surface area contributed by atoms with E-state index in [-0.39, 0.29) is 11.7 Å². The standard InChI is InChI=1S/C10H6N4O/c11-9-7-8(13-14-9)5-3-1-2-4-6(5)12-10(7)15/h1-4H,11H2. The molecule has 2 N–H and O–H groups in total. The lowest BCUT2D eigenvalue weighted by atomic mass is 10.1. The third kappa shape index (κ3) is 0.969. The molecule has 1 amide bonds. The molecule has 2 heterocycles. The van der Waals surface area contributed by atoms with E-state index in [2.05, 4.69) is 15.2 Å². The summed E-state index contributed by atoms with van der Waals surface area (Å²) in [5.41, 5.74) is 6.40. The van der Waals surface area contributed by atoms with E-state index in [0.717, 1.165) is 5.22 Å². The third-order valence-corrected chi connectivity index (χ3v) is 2.35. The Bertz CT molecular complexity index is 654. The first-order valence-corrected chi connectivity index (χ1v) is 4.41. The minimum absolute atomic E-state index is 0.147. The van der Waals surface area contributed by atoms with Crippen molar-refractivity contribution in [3.8, 4) is 0 Å². The summed E-state index contributed by atoms with van der Waals surface area (Å²) in [6.45, 7) is 0. The summed E-state index contributed by atoms with van der Waals surface area (Å²) in [7, 11) is 0. The van der Waals surface area contributed by atoms with Crippen molar-refractivity contribution in [2.45, 2.75) is 0 Å². The van der Waals surface area contributed by atoms with Crippen LogP contribution >= 0.6 is 0 Å². The molecule has 72 valence electrons. The second-order valence-electron chi connectivity index (χ2n) is 3.24. The number of carbonyl (C=O) groups excluding carboxylic acids is 1. The van der Waals surface area contributed by atoms with Crippen molar-refractivity contribution >= 4 is 11.6 Å². The molecule has 5 nitrogen and oxygen atoms in total. The van der Waals surface area contributed by atoms with E-state index in [0.29, 0.717) is 16.6 Å². The van der Waals surface area contributed by atoms with Crippen LogP contribution in [0.25, 0.3) is 5.70 Å². The molecule has 0 bridgehead atoms. The van der Waals surface area contributed by atoms with Crippen LogP contribution in [0.4, 0.5) is 0 Å². The molecule has 0 saturated carbocycles. The SMILES string of the molecule is NC1=C2C(=O)N=c3ccccc3=C2N=N1. The number of azo groups is 1. The monoisotopic (exact) mass is 198 g/mol. The van der Waals surface area contributed by atoms with E-state index in [1.165, 1.54) is 0 Å². The van der Waals surface area contributed by atoms with Crippen LogP contribution in [-0.2, 0) is 4.79 Å². The Hall–Kier alpha value is -2.30. The summed E-state index contributed by atoms with van der Waals surface area (Å²) in [6, 6.07) is 7.29. The maximum absolute atomic E-state index is 11.6. The first-order chi connectivity index (χ1) is 7.27. The molecule has 0 fully saturated rings. The van der Waals surface area contributed by atoms with Gasteiger partial charge >= 0.3 is 0 Å². The average molecular weight is 198 g/mol. The van der Waals surface area contributed by atoms with E-state index in [9.17, 15) is 4.79 Å². The molecule has 3 rings (SSSR count). The Kier molecular flexibility index (Phi) is 1.39. The van der Waals surface area contributed by atoms with Gasteiger partial charge in [0.2, 0.25) is 0 Å². The maximum atomic E-state index is 11.6. The first-order valence-electron chi connectivity index (χ1n) is 4.41. The zero-order valence-corrected chi connectivity index (χ0v) is 7.64. The number of fused-ring (bicyclic) bond motifs is 2. The van der Waals surface area contributed by atoms with Crippen LogP contribution < -0.4 is 16.3 Å². The number of amides is 1. The number of nitrogens with zero attached hydrogens (tertiary/aromatic N) is 3. The van der Waals surface area contributed by atoms with Crippen molar-refractivity contribution in [1.29, 1.82) is 0 Å². The maximum Gasteiger partial charge on any atom is 0.283 e. The number of para-hydroxylation sites is 1. The lowest BCUT2D eigenvalue weighted by molar-refractivity contribution is -0.114. The van der Waals surface area contributed by atoms with Crippen LogP contribution in [0.1, 0.15) is 0 Å². The quantitative estimate of drug-likeness (QED) is 0.615. The second kappa shape index (κ2) is 2.60. The van der Waals surface area contributed by atoms with Gasteiger partial charge in [-0.25, -0.2) is 4.99 Å². The van der Waals surface area contributed by atoms with Crippen molar-refractivity contribution in [3.05, 3.63) is 46.2 Å². The minimum atomic E-state index is -0.369. The number of rotatable bonds is 0. The Morgan fingerprint density at radius 1 is 1.13 bits per heavy atom. The van der Waals surface area contributed by atoms with E-state index in [4.69, 9.17) is 5.73 Å². The second-order valence-corrected chi connectivity index (χ2v) is 3.24. The van der Waals surface area contributed by atoms with Gasteiger partial charge in [-0.2, -0.15) is 0 Å². The fourth-order valence-corrected chi connectivity index (χ4v) is 1.66. The fraction of sp³-hybridized carbons (Fsp3) is 0. The number of hydrogen-bond donors (Lipinski definition) is 1. The van der Waals surface area contributed by atoms with Crippen molar-refractivity contribution in [2.75, 3.05) is 0 Å². The molecular weight excluding hydrogens is 192 g/mol. The number of carbonyl (C=O) groups is 1. The Balaban J connectivity index is 2.55. The van der Waals surface area contributed by atoms with Crippen LogP contribution in [0.3, 0.4) is 0 Å². The van der Waals surface area contributed by atoms with Gasteiger partial charge in [-0.1, -0.05) is 18.2 Å². The molecule has 0 aromatic heterocycles. The summed E-state index contributed by atoms with van der Waals surface area (Å²) < 4.78 is 0. The van der Waals surface area contributed by atoms with Gasteiger partial charge in [-0.15, -0.1) is 10.2 Å². The Morgan fingerprint density at radius 2 is 1.93 bits per heavy atom.